The Labute approximate surface area is 269 Å². The van der Waals surface area contributed by atoms with Crippen molar-refractivity contribution in [1.29, 1.82) is 0 Å². The Hall–Kier alpha value is -4.33. The van der Waals surface area contributed by atoms with Crippen molar-refractivity contribution in [3.8, 4) is 5.75 Å². The summed E-state index contributed by atoms with van der Waals surface area (Å²) in [6, 6.07) is 25.7. The largest absolute Gasteiger partial charge is 0.483 e. The van der Waals surface area contributed by atoms with Gasteiger partial charge in [0.25, 0.3) is 5.91 Å². The molecule has 1 heterocycles. The summed E-state index contributed by atoms with van der Waals surface area (Å²) in [5.41, 5.74) is 4.65. The van der Waals surface area contributed by atoms with Gasteiger partial charge in [-0.1, -0.05) is 104 Å². The van der Waals surface area contributed by atoms with E-state index < -0.39 is 6.04 Å². The van der Waals surface area contributed by atoms with Gasteiger partial charge in [0.2, 0.25) is 5.91 Å². The van der Waals surface area contributed by atoms with Gasteiger partial charge in [0.05, 0.1) is 0 Å². The molecule has 1 aliphatic heterocycles. The van der Waals surface area contributed by atoms with Gasteiger partial charge in [0.15, 0.2) is 6.61 Å². The standard InChI is InChI=1S/C23H36N4O4.2C7H8/c1-16(2)20(27-14-8-13-26-23(27)30)22(29)25-12-6-5-11-24-19(28)15-31-21-17(3)9-7-10-18(21)4;2*1-7-5-3-2-4-6-7/h7,9-10,16,20H,5-6,8,11-15H2,1-4H3,(H,24,28)(H,25,29)(H,26,30);2*2-6H,1H3. The quantitative estimate of drug-likeness (QED) is 0.226. The highest BCUT2D eigenvalue weighted by Crippen LogP contribution is 2.22. The number of unbranched alkanes of at least 4 members (excludes halogenated alkanes) is 1. The number of nitrogens with zero attached hydrogens (tertiary/aromatic N) is 1. The van der Waals surface area contributed by atoms with Crippen LogP contribution in [0.15, 0.2) is 78.9 Å². The van der Waals surface area contributed by atoms with Crippen LogP contribution in [0.5, 0.6) is 5.75 Å². The highest BCUT2D eigenvalue weighted by atomic mass is 16.5. The third-order valence-electron chi connectivity index (χ3n) is 7.21. The van der Waals surface area contributed by atoms with E-state index in [4.69, 9.17) is 4.74 Å². The van der Waals surface area contributed by atoms with Crippen LogP contribution in [0.2, 0.25) is 0 Å². The minimum absolute atomic E-state index is 0.0175. The number of aryl methyl sites for hydroxylation is 4. The highest BCUT2D eigenvalue weighted by Gasteiger charge is 2.33. The first-order valence-corrected chi connectivity index (χ1v) is 15.9. The average molecular weight is 617 g/mol. The first-order chi connectivity index (χ1) is 21.6. The molecule has 1 saturated heterocycles. The molecule has 0 aromatic heterocycles. The molecule has 0 spiro atoms. The third-order valence-corrected chi connectivity index (χ3v) is 7.21. The Morgan fingerprint density at radius 2 is 1.33 bits per heavy atom. The Morgan fingerprint density at radius 1 is 0.800 bits per heavy atom. The molecule has 1 fully saturated rings. The second-order valence-electron chi connectivity index (χ2n) is 11.6. The van der Waals surface area contributed by atoms with E-state index in [0.29, 0.717) is 26.2 Å². The summed E-state index contributed by atoms with van der Waals surface area (Å²) in [5, 5.41) is 8.57. The van der Waals surface area contributed by atoms with Gasteiger partial charge in [0.1, 0.15) is 11.8 Å². The lowest BCUT2D eigenvalue weighted by atomic mass is 10.0. The smallest absolute Gasteiger partial charge is 0.318 e. The van der Waals surface area contributed by atoms with Crippen molar-refractivity contribution in [3.05, 3.63) is 101 Å². The fraction of sp³-hybridized carbons (Fsp3) is 0.432. The maximum absolute atomic E-state index is 12.6. The summed E-state index contributed by atoms with van der Waals surface area (Å²) < 4.78 is 5.65. The van der Waals surface area contributed by atoms with Crippen molar-refractivity contribution in [2.75, 3.05) is 32.8 Å². The topological polar surface area (TPSA) is 99.8 Å². The minimum Gasteiger partial charge on any atom is -0.483 e. The lowest BCUT2D eigenvalue weighted by Gasteiger charge is -2.36. The number of nitrogens with one attached hydrogen (secondary N) is 3. The highest BCUT2D eigenvalue weighted by molar-refractivity contribution is 5.87. The minimum atomic E-state index is -0.470. The molecule has 1 unspecified atom stereocenters. The summed E-state index contributed by atoms with van der Waals surface area (Å²) >= 11 is 0. The Morgan fingerprint density at radius 3 is 1.80 bits per heavy atom. The van der Waals surface area contributed by atoms with Gasteiger partial charge in [-0.2, -0.15) is 0 Å². The number of carbonyl (C=O) groups excluding carboxylic acids is 3. The molecular formula is C37H52N4O4. The monoisotopic (exact) mass is 616 g/mol. The van der Waals surface area contributed by atoms with Gasteiger partial charge in [-0.15, -0.1) is 0 Å². The normalized spacial score (nSPS) is 12.9. The molecule has 8 nitrogen and oxygen atoms in total. The van der Waals surface area contributed by atoms with E-state index in [1.165, 1.54) is 11.1 Å². The van der Waals surface area contributed by atoms with Gasteiger partial charge in [-0.05, 0) is 64.0 Å². The lowest BCUT2D eigenvalue weighted by Crippen LogP contribution is -2.58. The summed E-state index contributed by atoms with van der Waals surface area (Å²) in [6.45, 7) is 14.2. The van der Waals surface area contributed by atoms with Crippen LogP contribution in [-0.4, -0.2) is 61.6 Å². The second-order valence-corrected chi connectivity index (χ2v) is 11.6. The zero-order valence-corrected chi connectivity index (χ0v) is 27.9. The molecule has 8 heteroatoms. The van der Waals surface area contributed by atoms with Gasteiger partial charge in [-0.25, -0.2) is 4.79 Å². The molecule has 45 heavy (non-hydrogen) atoms. The van der Waals surface area contributed by atoms with Gasteiger partial charge in [0, 0.05) is 26.2 Å². The van der Waals surface area contributed by atoms with Crippen LogP contribution in [0.4, 0.5) is 4.79 Å². The first-order valence-electron chi connectivity index (χ1n) is 15.9. The molecule has 1 aliphatic rings. The fourth-order valence-corrected chi connectivity index (χ4v) is 4.80. The van der Waals surface area contributed by atoms with Crippen LogP contribution in [0.3, 0.4) is 0 Å². The van der Waals surface area contributed by atoms with E-state index in [9.17, 15) is 14.4 Å². The van der Waals surface area contributed by atoms with Gasteiger partial charge < -0.3 is 25.6 Å². The van der Waals surface area contributed by atoms with Gasteiger partial charge in [-0.3, -0.25) is 9.59 Å². The van der Waals surface area contributed by atoms with Crippen LogP contribution in [0.25, 0.3) is 0 Å². The molecule has 3 aromatic carbocycles. The van der Waals surface area contributed by atoms with E-state index in [-0.39, 0.29) is 30.4 Å². The van der Waals surface area contributed by atoms with Crippen molar-refractivity contribution in [2.24, 2.45) is 5.92 Å². The molecule has 0 aliphatic carbocycles. The lowest BCUT2D eigenvalue weighted by molar-refractivity contribution is -0.127. The fourth-order valence-electron chi connectivity index (χ4n) is 4.80. The number of urea groups is 1. The van der Waals surface area contributed by atoms with Crippen molar-refractivity contribution in [2.45, 2.75) is 66.8 Å². The number of hydrogen-bond donors (Lipinski definition) is 3. The SMILES string of the molecule is Cc1cccc(C)c1OCC(=O)NCCCCNC(=O)C(C(C)C)N1CCCNC1=O.Cc1ccccc1.Cc1ccccc1. The molecule has 0 bridgehead atoms. The molecule has 3 N–H and O–H groups in total. The van der Waals surface area contributed by atoms with Crippen LogP contribution < -0.4 is 20.7 Å². The predicted molar refractivity (Wildman–Crippen MR) is 182 cm³/mol. The van der Waals surface area contributed by atoms with E-state index in [1.54, 1.807) is 4.90 Å². The molecule has 4 rings (SSSR count). The summed E-state index contributed by atoms with van der Waals surface area (Å²) in [5.74, 6) is 0.489. The van der Waals surface area contributed by atoms with E-state index in [1.807, 2.05) is 82.3 Å². The first kappa shape index (κ1) is 36.9. The molecule has 4 amide bonds. The van der Waals surface area contributed by atoms with E-state index >= 15 is 0 Å². The number of para-hydroxylation sites is 1. The zero-order valence-electron chi connectivity index (χ0n) is 27.9. The zero-order chi connectivity index (χ0) is 33.0. The maximum Gasteiger partial charge on any atom is 0.318 e. The number of hydrogen-bond acceptors (Lipinski definition) is 4. The molecule has 0 radical (unpaired) electrons. The summed E-state index contributed by atoms with van der Waals surface area (Å²) in [7, 11) is 0. The Bertz CT molecular complexity index is 1240. The molecule has 3 aromatic rings. The number of ether oxygens (including phenoxy) is 1. The van der Waals surface area contributed by atoms with Crippen LogP contribution in [-0.2, 0) is 9.59 Å². The van der Waals surface area contributed by atoms with Crippen LogP contribution in [0.1, 0.15) is 55.4 Å². The molecule has 244 valence electrons. The number of carbonyl (C=O) groups is 3. The third kappa shape index (κ3) is 14.3. The van der Waals surface area contributed by atoms with Crippen molar-refractivity contribution in [3.63, 3.8) is 0 Å². The van der Waals surface area contributed by atoms with Crippen LogP contribution in [0, 0.1) is 33.6 Å². The molecule has 0 saturated carbocycles. The average Bonchev–Trinajstić information content (AvgIpc) is 3.01. The summed E-state index contributed by atoms with van der Waals surface area (Å²) in [4.78, 5) is 38.3. The number of rotatable bonds is 11. The summed E-state index contributed by atoms with van der Waals surface area (Å²) in [6.07, 6.45) is 2.32. The number of benzene rings is 3. The maximum atomic E-state index is 12.6. The Balaban J connectivity index is 0.000000407. The predicted octanol–water partition coefficient (Wildman–Crippen LogP) is 6.12. The molecule has 1 atom stereocenters. The Kier molecular flexibility index (Phi) is 16.9. The van der Waals surface area contributed by atoms with E-state index in [0.717, 1.165) is 36.1 Å². The van der Waals surface area contributed by atoms with Crippen molar-refractivity contribution < 1.29 is 19.1 Å². The van der Waals surface area contributed by atoms with Crippen molar-refractivity contribution in [1.82, 2.24) is 20.9 Å². The van der Waals surface area contributed by atoms with E-state index in [2.05, 4.69) is 54.1 Å². The van der Waals surface area contributed by atoms with Gasteiger partial charge >= 0.3 is 6.03 Å². The van der Waals surface area contributed by atoms with Crippen molar-refractivity contribution >= 4 is 17.8 Å². The van der Waals surface area contributed by atoms with Crippen LogP contribution >= 0.6 is 0 Å². The second kappa shape index (κ2) is 20.6. The number of amides is 4. The molecular weight excluding hydrogens is 564 g/mol.